The number of amides is 1. The van der Waals surface area contributed by atoms with Gasteiger partial charge in [0.25, 0.3) is 5.56 Å². The summed E-state index contributed by atoms with van der Waals surface area (Å²) in [5.41, 5.74) is 0.456. The molecule has 20 heavy (non-hydrogen) atoms. The Morgan fingerprint density at radius 1 is 1.35 bits per heavy atom. The largest absolute Gasteiger partial charge is 0.481 e. The van der Waals surface area contributed by atoms with Gasteiger partial charge in [0.2, 0.25) is 0 Å². The van der Waals surface area contributed by atoms with Gasteiger partial charge in [-0.25, -0.2) is 4.79 Å². The van der Waals surface area contributed by atoms with Crippen LogP contribution in [-0.2, 0) is 11.8 Å². The van der Waals surface area contributed by atoms with Crippen LogP contribution in [0.25, 0.3) is 0 Å². The Bertz CT molecular complexity index is 595. The van der Waals surface area contributed by atoms with Crippen molar-refractivity contribution in [2.75, 3.05) is 13.1 Å². The molecule has 0 spiro atoms. The molecule has 2 atom stereocenters. The number of carboxylic acids is 1. The highest BCUT2D eigenvalue weighted by atomic mass is 16.4. The molecule has 1 aliphatic heterocycles. The van der Waals surface area contributed by atoms with Crippen LogP contribution >= 0.6 is 0 Å². The molecule has 1 aromatic heterocycles. The lowest BCUT2D eigenvalue weighted by Crippen LogP contribution is -2.45. The molecular formula is C13H16N2O5. The minimum atomic E-state index is -1.11. The van der Waals surface area contributed by atoms with Crippen LogP contribution in [0.1, 0.15) is 17.9 Å². The van der Waals surface area contributed by atoms with E-state index in [-0.39, 0.29) is 24.6 Å². The van der Waals surface area contributed by atoms with Crippen LogP contribution in [-0.4, -0.2) is 44.8 Å². The predicted molar refractivity (Wildman–Crippen MR) is 69.8 cm³/mol. The van der Waals surface area contributed by atoms with Crippen LogP contribution in [0.2, 0.25) is 0 Å². The maximum atomic E-state index is 11.6. The average Bonchev–Trinajstić information content (AvgIpc) is 2.41. The molecule has 2 rings (SSSR count). The molecular weight excluding hydrogens is 264 g/mol. The Morgan fingerprint density at radius 2 is 2.05 bits per heavy atom. The summed E-state index contributed by atoms with van der Waals surface area (Å²) in [6.07, 6.45) is 0.884. The molecule has 0 radical (unpaired) electrons. The minimum absolute atomic E-state index is 0.0510. The molecule has 2 N–H and O–H groups in total. The lowest BCUT2D eigenvalue weighted by atomic mass is 9.81. The van der Waals surface area contributed by atoms with E-state index < -0.39 is 18.0 Å². The molecule has 108 valence electrons. The second-order valence-electron chi connectivity index (χ2n) is 4.98. The number of nitrogens with zero attached hydrogens (tertiary/aromatic N) is 2. The van der Waals surface area contributed by atoms with Crippen LogP contribution in [0.3, 0.4) is 0 Å². The van der Waals surface area contributed by atoms with Gasteiger partial charge in [-0.2, -0.15) is 0 Å². The topological polar surface area (TPSA) is 99.8 Å². The van der Waals surface area contributed by atoms with E-state index in [4.69, 9.17) is 5.11 Å². The number of aromatic nitrogens is 1. The van der Waals surface area contributed by atoms with Crippen molar-refractivity contribution in [2.24, 2.45) is 13.0 Å². The van der Waals surface area contributed by atoms with Gasteiger partial charge in [-0.1, -0.05) is 0 Å². The van der Waals surface area contributed by atoms with Crippen molar-refractivity contribution in [3.63, 3.8) is 0 Å². The van der Waals surface area contributed by atoms with Crippen LogP contribution in [0.15, 0.2) is 23.1 Å². The van der Waals surface area contributed by atoms with E-state index in [2.05, 4.69) is 0 Å². The van der Waals surface area contributed by atoms with Gasteiger partial charge in [-0.15, -0.1) is 0 Å². The number of aliphatic carboxylic acids is 1. The number of carbonyl (C=O) groups is 2. The van der Waals surface area contributed by atoms with E-state index >= 15 is 0 Å². The molecule has 7 heteroatoms. The number of rotatable bonds is 2. The number of aryl methyl sites for hydroxylation is 1. The van der Waals surface area contributed by atoms with Gasteiger partial charge in [0.15, 0.2) is 0 Å². The van der Waals surface area contributed by atoms with E-state index in [1.807, 2.05) is 0 Å². The first-order valence-corrected chi connectivity index (χ1v) is 6.27. The fraction of sp³-hybridized carbons (Fsp3) is 0.462. The van der Waals surface area contributed by atoms with Crippen LogP contribution in [0.5, 0.6) is 0 Å². The highest BCUT2D eigenvalue weighted by Crippen LogP contribution is 2.32. The summed E-state index contributed by atoms with van der Waals surface area (Å²) in [7, 11) is 1.62. The van der Waals surface area contributed by atoms with Crippen molar-refractivity contribution in [1.29, 1.82) is 0 Å². The minimum Gasteiger partial charge on any atom is -0.481 e. The zero-order valence-electron chi connectivity index (χ0n) is 11.0. The summed E-state index contributed by atoms with van der Waals surface area (Å²) in [6, 6.07) is 3.15. The monoisotopic (exact) mass is 280 g/mol. The van der Waals surface area contributed by atoms with Crippen LogP contribution in [0, 0.1) is 5.92 Å². The fourth-order valence-electron chi connectivity index (χ4n) is 2.57. The second-order valence-corrected chi connectivity index (χ2v) is 4.98. The van der Waals surface area contributed by atoms with Crippen molar-refractivity contribution in [3.8, 4) is 0 Å². The summed E-state index contributed by atoms with van der Waals surface area (Å²) < 4.78 is 1.41. The standard InChI is InChI=1S/C13H16N2O5/c1-14-4-2-8(6-11(14)16)9-3-5-15(13(19)20)7-10(9)12(17)18/h2,4,6,9-10H,3,5,7H2,1H3,(H,17,18)(H,19,20)/t9-,10+/m1/s1. The van der Waals surface area contributed by atoms with Crippen molar-refractivity contribution in [3.05, 3.63) is 34.2 Å². The number of piperidine rings is 1. The molecule has 0 unspecified atom stereocenters. The molecule has 1 saturated heterocycles. The maximum Gasteiger partial charge on any atom is 0.407 e. The molecule has 0 aromatic carbocycles. The van der Waals surface area contributed by atoms with Crippen molar-refractivity contribution in [2.45, 2.75) is 12.3 Å². The molecule has 1 aromatic rings. The summed E-state index contributed by atoms with van der Waals surface area (Å²) in [5.74, 6) is -2.20. The van der Waals surface area contributed by atoms with Crippen molar-refractivity contribution in [1.82, 2.24) is 9.47 Å². The third kappa shape index (κ3) is 2.66. The summed E-state index contributed by atoms with van der Waals surface area (Å²) in [5, 5.41) is 18.2. The number of pyridine rings is 1. The fourth-order valence-corrected chi connectivity index (χ4v) is 2.57. The lowest BCUT2D eigenvalue weighted by molar-refractivity contribution is -0.144. The molecule has 1 amide bonds. The zero-order chi connectivity index (χ0) is 14.9. The van der Waals surface area contributed by atoms with Crippen molar-refractivity contribution >= 4 is 12.1 Å². The first kappa shape index (κ1) is 14.1. The Labute approximate surface area is 115 Å². The molecule has 0 saturated carbocycles. The molecule has 1 aliphatic rings. The lowest BCUT2D eigenvalue weighted by Gasteiger charge is -2.35. The highest BCUT2D eigenvalue weighted by Gasteiger charge is 2.37. The summed E-state index contributed by atoms with van der Waals surface area (Å²) in [6.45, 7) is 0.226. The SMILES string of the molecule is Cn1ccc([C@H]2CCN(C(=O)O)C[C@@H]2C(=O)O)cc1=O. The molecule has 0 bridgehead atoms. The van der Waals surface area contributed by atoms with Gasteiger partial charge in [0, 0.05) is 38.3 Å². The molecule has 2 heterocycles. The van der Waals surface area contributed by atoms with Gasteiger partial charge in [-0.05, 0) is 18.1 Å². The van der Waals surface area contributed by atoms with E-state index in [0.717, 1.165) is 4.90 Å². The number of likely N-dealkylation sites (tertiary alicyclic amines) is 1. The van der Waals surface area contributed by atoms with Gasteiger partial charge < -0.3 is 19.7 Å². The third-order valence-electron chi connectivity index (χ3n) is 3.76. The highest BCUT2D eigenvalue weighted by molar-refractivity contribution is 5.74. The summed E-state index contributed by atoms with van der Waals surface area (Å²) in [4.78, 5) is 35.0. The Balaban J connectivity index is 2.30. The molecule has 0 aliphatic carbocycles. The zero-order valence-corrected chi connectivity index (χ0v) is 11.0. The van der Waals surface area contributed by atoms with Gasteiger partial charge in [-0.3, -0.25) is 9.59 Å². The van der Waals surface area contributed by atoms with Gasteiger partial charge in [0.1, 0.15) is 0 Å². The Kier molecular flexibility index (Phi) is 3.78. The first-order valence-electron chi connectivity index (χ1n) is 6.27. The van der Waals surface area contributed by atoms with Crippen LogP contribution in [0.4, 0.5) is 4.79 Å². The number of hydrogen-bond acceptors (Lipinski definition) is 3. The normalized spacial score (nSPS) is 22.6. The first-order chi connectivity index (χ1) is 9.40. The third-order valence-corrected chi connectivity index (χ3v) is 3.76. The van der Waals surface area contributed by atoms with E-state index in [1.165, 1.54) is 10.6 Å². The van der Waals surface area contributed by atoms with E-state index in [1.54, 1.807) is 19.3 Å². The quantitative estimate of drug-likeness (QED) is 0.824. The predicted octanol–water partition coefficient (Wildman–Crippen LogP) is 0.553. The average molecular weight is 280 g/mol. The maximum absolute atomic E-state index is 11.6. The Morgan fingerprint density at radius 3 is 2.60 bits per heavy atom. The number of carboxylic acid groups (broad SMARTS) is 2. The van der Waals surface area contributed by atoms with Crippen molar-refractivity contribution < 1.29 is 19.8 Å². The van der Waals surface area contributed by atoms with Crippen LogP contribution < -0.4 is 5.56 Å². The number of hydrogen-bond donors (Lipinski definition) is 2. The molecule has 7 nitrogen and oxygen atoms in total. The van der Waals surface area contributed by atoms with E-state index in [9.17, 15) is 19.5 Å². The Hall–Kier alpha value is -2.31. The molecule has 1 fully saturated rings. The second kappa shape index (κ2) is 5.36. The van der Waals surface area contributed by atoms with Gasteiger partial charge >= 0.3 is 12.1 Å². The smallest absolute Gasteiger partial charge is 0.407 e. The summed E-state index contributed by atoms with van der Waals surface area (Å²) >= 11 is 0. The van der Waals surface area contributed by atoms with Gasteiger partial charge in [0.05, 0.1) is 5.92 Å². The van der Waals surface area contributed by atoms with E-state index in [0.29, 0.717) is 12.0 Å².